The molecule has 0 amide bonds. The predicted molar refractivity (Wildman–Crippen MR) is 102 cm³/mol. The average molecular weight is 406 g/mol. The third-order valence-corrected chi connectivity index (χ3v) is 8.09. The number of hydrogen-bond acceptors (Lipinski definition) is 7. The van der Waals surface area contributed by atoms with Crippen LogP contribution in [-0.4, -0.2) is 59.7 Å². The van der Waals surface area contributed by atoms with Crippen LogP contribution in [0.2, 0.25) is 5.28 Å². The number of aliphatic hydroxyl groups excluding tert-OH is 3. The molecule has 0 aliphatic heterocycles. The first-order chi connectivity index (χ1) is 13.5. The largest absolute Gasteiger partial charge is 0.396 e. The lowest BCUT2D eigenvalue weighted by Crippen LogP contribution is -2.35. The molecule has 28 heavy (non-hydrogen) atoms. The van der Waals surface area contributed by atoms with Gasteiger partial charge in [0.1, 0.15) is 6.10 Å². The first-order valence-electron chi connectivity index (χ1n) is 10.2. The number of nitrogens with one attached hydrogen (secondary N) is 1. The van der Waals surface area contributed by atoms with Gasteiger partial charge in [-0.3, -0.25) is 0 Å². The van der Waals surface area contributed by atoms with Gasteiger partial charge in [0.2, 0.25) is 5.28 Å². The number of anilines is 1. The van der Waals surface area contributed by atoms with Crippen LogP contribution in [0.1, 0.15) is 38.1 Å². The summed E-state index contributed by atoms with van der Waals surface area (Å²) in [6.45, 7) is -0.133. The Morgan fingerprint density at radius 1 is 1.25 bits per heavy atom. The first-order valence-corrected chi connectivity index (χ1v) is 10.5. The number of halogens is 1. The average Bonchev–Trinajstić information content (AvgIpc) is 3.04. The van der Waals surface area contributed by atoms with Gasteiger partial charge in [-0.25, -0.2) is 4.98 Å². The Balaban J connectivity index is 1.37. The molecular formula is C19H24ClN5O3. The maximum Gasteiger partial charge on any atom is 0.226 e. The topological polar surface area (TPSA) is 116 Å². The van der Waals surface area contributed by atoms with Crippen LogP contribution >= 0.6 is 11.6 Å². The molecule has 4 aliphatic rings. The molecule has 2 heterocycles. The van der Waals surface area contributed by atoms with E-state index in [1.54, 1.807) is 10.9 Å². The summed E-state index contributed by atoms with van der Waals surface area (Å²) in [6.07, 6.45) is 5.43. The van der Waals surface area contributed by atoms with Crippen LogP contribution < -0.4 is 5.32 Å². The molecule has 2 bridgehead atoms. The first kappa shape index (κ1) is 17.4. The van der Waals surface area contributed by atoms with Gasteiger partial charge in [-0.1, -0.05) is 6.42 Å². The molecule has 2 aromatic rings. The molecule has 4 saturated carbocycles. The van der Waals surface area contributed by atoms with E-state index in [1.165, 1.54) is 19.3 Å². The fourth-order valence-electron chi connectivity index (χ4n) is 6.36. The molecule has 4 N–H and O–H groups in total. The van der Waals surface area contributed by atoms with Gasteiger partial charge < -0.3 is 25.2 Å². The highest BCUT2D eigenvalue weighted by molar-refractivity contribution is 6.28. The van der Waals surface area contributed by atoms with Gasteiger partial charge in [-0.05, 0) is 55.0 Å². The van der Waals surface area contributed by atoms with Crippen molar-refractivity contribution in [2.75, 3.05) is 11.9 Å². The Hall–Kier alpha value is -1.48. The quantitative estimate of drug-likeness (QED) is 0.567. The Bertz CT molecular complexity index is 953. The molecule has 8 nitrogen and oxygen atoms in total. The Labute approximate surface area is 167 Å². The summed E-state index contributed by atoms with van der Waals surface area (Å²) in [5.41, 5.74) is 0.584. The van der Waals surface area contributed by atoms with E-state index in [9.17, 15) is 15.3 Å². The molecule has 0 spiro atoms. The van der Waals surface area contributed by atoms with Crippen LogP contribution in [-0.2, 0) is 0 Å². The molecule has 0 aromatic carbocycles. The van der Waals surface area contributed by atoms with Gasteiger partial charge in [0.25, 0.3) is 0 Å². The van der Waals surface area contributed by atoms with Crippen LogP contribution in [0.5, 0.6) is 0 Å². The zero-order valence-electron chi connectivity index (χ0n) is 15.4. The monoisotopic (exact) mass is 405 g/mol. The van der Waals surface area contributed by atoms with Crippen molar-refractivity contribution in [2.45, 2.75) is 56.4 Å². The van der Waals surface area contributed by atoms with E-state index in [2.05, 4.69) is 20.3 Å². The number of fused-ring (bicyclic) bond motifs is 4. The Morgan fingerprint density at radius 3 is 2.79 bits per heavy atom. The molecule has 8 atom stereocenters. The second kappa shape index (κ2) is 5.78. The molecule has 4 fully saturated rings. The summed E-state index contributed by atoms with van der Waals surface area (Å²) in [5.74, 6) is 2.13. The van der Waals surface area contributed by atoms with Crippen molar-refractivity contribution in [3.05, 3.63) is 11.6 Å². The van der Waals surface area contributed by atoms with Gasteiger partial charge in [0.05, 0.1) is 25.1 Å². The van der Waals surface area contributed by atoms with Gasteiger partial charge in [-0.15, -0.1) is 0 Å². The van der Waals surface area contributed by atoms with Crippen LogP contribution in [0.4, 0.5) is 5.82 Å². The number of aliphatic hydroxyl groups is 3. The molecule has 0 saturated heterocycles. The van der Waals surface area contributed by atoms with E-state index in [1.807, 2.05) is 0 Å². The fraction of sp³-hybridized carbons (Fsp3) is 0.737. The van der Waals surface area contributed by atoms with Crippen molar-refractivity contribution in [1.29, 1.82) is 0 Å². The van der Waals surface area contributed by atoms with Crippen molar-refractivity contribution in [3.63, 3.8) is 0 Å². The standard InChI is InChI=1S/C19H24ClN5O3/c20-18-23-16(22-11-4-8-1-2-9(11)3-8)12-17(24-18)25(7-21-12)13-10-5-19(10,6-26)15(28)14(13)27/h7-11,13-15,26-28H,1-6H2,(H,22,23,24)/t8?,9?,10?,11?,13-,14+,15+,19?/m1/s1. The van der Waals surface area contributed by atoms with Gasteiger partial charge in [0.15, 0.2) is 17.0 Å². The normalized spacial score (nSPS) is 43.6. The number of imidazole rings is 1. The zero-order chi connectivity index (χ0) is 19.2. The minimum atomic E-state index is -0.973. The van der Waals surface area contributed by atoms with Gasteiger partial charge >= 0.3 is 0 Å². The van der Waals surface area contributed by atoms with E-state index >= 15 is 0 Å². The van der Waals surface area contributed by atoms with E-state index in [-0.39, 0.29) is 23.9 Å². The van der Waals surface area contributed by atoms with Crippen LogP contribution in [0.3, 0.4) is 0 Å². The minimum Gasteiger partial charge on any atom is -0.396 e. The van der Waals surface area contributed by atoms with Crippen molar-refractivity contribution in [2.24, 2.45) is 23.2 Å². The Kier molecular flexibility index (Phi) is 3.59. The molecule has 2 aromatic heterocycles. The van der Waals surface area contributed by atoms with Gasteiger partial charge in [0, 0.05) is 11.5 Å². The molecular weight excluding hydrogens is 382 g/mol. The van der Waals surface area contributed by atoms with Crippen molar-refractivity contribution in [3.8, 4) is 0 Å². The van der Waals surface area contributed by atoms with E-state index in [4.69, 9.17) is 11.6 Å². The van der Waals surface area contributed by atoms with Gasteiger partial charge in [-0.2, -0.15) is 9.97 Å². The summed E-state index contributed by atoms with van der Waals surface area (Å²) in [7, 11) is 0. The van der Waals surface area contributed by atoms with E-state index in [0.29, 0.717) is 35.4 Å². The second-order valence-corrected chi connectivity index (χ2v) is 9.56. The lowest BCUT2D eigenvalue weighted by molar-refractivity contribution is -0.0300. The van der Waals surface area contributed by atoms with Crippen molar-refractivity contribution in [1.82, 2.24) is 19.5 Å². The highest BCUT2D eigenvalue weighted by Gasteiger charge is 2.71. The number of nitrogens with zero attached hydrogens (tertiary/aromatic N) is 4. The summed E-state index contributed by atoms with van der Waals surface area (Å²) in [5, 5.41) is 34.5. The van der Waals surface area contributed by atoms with Crippen molar-refractivity contribution < 1.29 is 15.3 Å². The minimum absolute atomic E-state index is 0.00406. The second-order valence-electron chi connectivity index (χ2n) is 9.22. The number of aromatic nitrogens is 4. The lowest BCUT2D eigenvalue weighted by Gasteiger charge is -2.24. The highest BCUT2D eigenvalue weighted by atomic mass is 35.5. The highest BCUT2D eigenvalue weighted by Crippen LogP contribution is 2.67. The molecule has 9 heteroatoms. The smallest absolute Gasteiger partial charge is 0.226 e. The molecule has 150 valence electrons. The predicted octanol–water partition coefficient (Wildman–Crippen LogP) is 1.36. The number of hydrogen-bond donors (Lipinski definition) is 4. The molecule has 0 radical (unpaired) electrons. The fourth-order valence-corrected chi connectivity index (χ4v) is 6.52. The van der Waals surface area contributed by atoms with Crippen LogP contribution in [0.25, 0.3) is 11.2 Å². The summed E-state index contributed by atoms with van der Waals surface area (Å²) >= 11 is 6.24. The third-order valence-electron chi connectivity index (χ3n) is 7.92. The third kappa shape index (κ3) is 2.20. The number of rotatable bonds is 4. The molecule has 4 aliphatic carbocycles. The lowest BCUT2D eigenvalue weighted by atomic mass is 9.95. The van der Waals surface area contributed by atoms with E-state index < -0.39 is 17.6 Å². The maximum absolute atomic E-state index is 10.6. The summed E-state index contributed by atoms with van der Waals surface area (Å²) in [6, 6.07) is 0.0101. The zero-order valence-corrected chi connectivity index (χ0v) is 16.1. The SMILES string of the molecule is OCC12CC1[C@@H](n1cnc3c(NC4CC5CCC4C5)nc(Cl)nc31)[C@H](O)[C@@H]2O. The van der Waals surface area contributed by atoms with E-state index in [0.717, 1.165) is 12.3 Å². The summed E-state index contributed by atoms with van der Waals surface area (Å²) < 4.78 is 1.80. The maximum atomic E-state index is 10.6. The van der Waals surface area contributed by atoms with Crippen LogP contribution in [0, 0.1) is 23.2 Å². The van der Waals surface area contributed by atoms with Crippen LogP contribution in [0.15, 0.2) is 6.33 Å². The Morgan fingerprint density at radius 2 is 2.11 bits per heavy atom. The molecule has 6 rings (SSSR count). The molecule has 5 unspecified atom stereocenters. The summed E-state index contributed by atoms with van der Waals surface area (Å²) in [4.78, 5) is 13.3. The van der Waals surface area contributed by atoms with Crippen molar-refractivity contribution >= 4 is 28.6 Å².